The van der Waals surface area contributed by atoms with E-state index >= 15 is 0 Å². The standard InChI is InChI=1S/C35H50N2O5/c1-30(2)12-14-35(37-29(40)42-21-10-16-41-20-21)15-13-34(7)27(22(35)18-30)24(38)17-26-32(5)19-23(36-8)28(39)31(3,4)25(32)9-11-33(26,34)6/h19,21-22,25-27H,9-18,20H2,1-7H3,(H,37,40)/t21?,22-,25-,26+,27-,32-,33+,34+,35-/m0/s1. The molecule has 0 aromatic carbocycles. The number of hydrogen-bond donors (Lipinski definition) is 1. The molecule has 1 heterocycles. The van der Waals surface area contributed by atoms with Gasteiger partial charge in [0.2, 0.25) is 5.70 Å². The highest BCUT2D eigenvalue weighted by molar-refractivity contribution is 6.02. The summed E-state index contributed by atoms with van der Waals surface area (Å²) in [5.74, 6) is 0.309. The second-order valence-electron chi connectivity index (χ2n) is 16.8. The number of carbonyl (C=O) groups is 3. The Kier molecular flexibility index (Phi) is 6.68. The maximum absolute atomic E-state index is 14.7. The van der Waals surface area contributed by atoms with Crippen LogP contribution in [0.5, 0.6) is 0 Å². The van der Waals surface area contributed by atoms with Crippen molar-refractivity contribution in [2.24, 2.45) is 50.7 Å². The average molecular weight is 579 g/mol. The predicted molar refractivity (Wildman–Crippen MR) is 159 cm³/mol. The maximum atomic E-state index is 14.7. The number of ether oxygens (including phenoxy) is 2. The van der Waals surface area contributed by atoms with E-state index in [-0.39, 0.29) is 63.6 Å². The maximum Gasteiger partial charge on any atom is 0.407 e. The molecule has 0 aromatic heterocycles. The van der Waals surface area contributed by atoms with Crippen molar-refractivity contribution in [1.29, 1.82) is 0 Å². The number of alkyl carbamates (subject to hydrolysis) is 1. The number of rotatable bonds is 2. The molecule has 1 amide bonds. The summed E-state index contributed by atoms with van der Waals surface area (Å²) >= 11 is 0. The smallest absolute Gasteiger partial charge is 0.407 e. The van der Waals surface area contributed by atoms with Crippen LogP contribution in [-0.4, -0.2) is 42.5 Å². The van der Waals surface area contributed by atoms with E-state index in [4.69, 9.17) is 16.0 Å². The van der Waals surface area contributed by atoms with Gasteiger partial charge in [-0.1, -0.05) is 54.5 Å². The fourth-order valence-electron chi connectivity index (χ4n) is 11.5. The summed E-state index contributed by atoms with van der Waals surface area (Å²) in [5, 5.41) is 3.39. The van der Waals surface area contributed by atoms with E-state index in [1.54, 1.807) is 0 Å². The molecule has 0 aromatic rings. The molecule has 1 aliphatic heterocycles. The van der Waals surface area contributed by atoms with Crippen molar-refractivity contribution < 1.29 is 23.9 Å². The number of fused-ring (bicyclic) bond motifs is 7. The Balaban J connectivity index is 1.39. The zero-order valence-corrected chi connectivity index (χ0v) is 26.7. The van der Waals surface area contributed by atoms with Gasteiger partial charge >= 0.3 is 6.09 Å². The minimum Gasteiger partial charge on any atom is -0.444 e. The van der Waals surface area contributed by atoms with Crippen LogP contribution in [0.4, 0.5) is 4.79 Å². The van der Waals surface area contributed by atoms with Crippen LogP contribution in [0.3, 0.4) is 0 Å². The summed E-state index contributed by atoms with van der Waals surface area (Å²) in [6.45, 7) is 24.5. The van der Waals surface area contributed by atoms with Crippen molar-refractivity contribution in [2.45, 2.75) is 118 Å². The largest absolute Gasteiger partial charge is 0.444 e. The van der Waals surface area contributed by atoms with E-state index in [2.05, 4.69) is 44.8 Å². The molecule has 0 bridgehead atoms. The molecule has 0 spiro atoms. The van der Waals surface area contributed by atoms with Crippen LogP contribution >= 0.6 is 0 Å². The lowest BCUT2D eigenvalue weighted by atomic mass is 9.32. The van der Waals surface area contributed by atoms with Gasteiger partial charge in [0.15, 0.2) is 5.78 Å². The highest BCUT2D eigenvalue weighted by Crippen LogP contribution is 2.74. The molecule has 1 unspecified atom stereocenters. The Labute approximate surface area is 251 Å². The van der Waals surface area contributed by atoms with E-state index in [0.717, 1.165) is 51.4 Å². The van der Waals surface area contributed by atoms with Crippen molar-refractivity contribution >= 4 is 17.7 Å². The molecule has 5 aliphatic carbocycles. The molecule has 7 heteroatoms. The van der Waals surface area contributed by atoms with E-state index < -0.39 is 16.4 Å². The number of Topliss-reactive ketones (excluding diaryl/α,β-unsaturated/α-hetero) is 2. The van der Waals surface area contributed by atoms with E-state index in [0.29, 0.717) is 25.4 Å². The third-order valence-electron chi connectivity index (χ3n) is 14.0. The topological polar surface area (TPSA) is 86.1 Å². The van der Waals surface area contributed by atoms with Crippen molar-refractivity contribution in [3.8, 4) is 0 Å². The first-order chi connectivity index (χ1) is 19.5. The van der Waals surface area contributed by atoms with Gasteiger partial charge in [0, 0.05) is 29.7 Å². The molecule has 230 valence electrons. The first-order valence-corrected chi connectivity index (χ1v) is 16.3. The minimum atomic E-state index is -0.630. The summed E-state index contributed by atoms with van der Waals surface area (Å²) in [6, 6.07) is 0. The van der Waals surface area contributed by atoms with Gasteiger partial charge in [-0.15, -0.1) is 0 Å². The molecule has 6 aliphatic rings. The third kappa shape index (κ3) is 4.02. The first kappa shape index (κ1) is 29.9. The van der Waals surface area contributed by atoms with Crippen LogP contribution in [0.2, 0.25) is 0 Å². The predicted octanol–water partition coefficient (Wildman–Crippen LogP) is 6.91. The number of hydrogen-bond acceptors (Lipinski definition) is 5. The molecule has 5 fully saturated rings. The van der Waals surface area contributed by atoms with Crippen molar-refractivity contribution in [1.82, 2.24) is 5.32 Å². The Morgan fingerprint density at radius 1 is 0.976 bits per heavy atom. The molecule has 1 saturated heterocycles. The summed E-state index contributed by atoms with van der Waals surface area (Å²) in [6.07, 6.45) is 8.91. The fraction of sp³-hybridized carbons (Fsp3) is 0.829. The minimum absolute atomic E-state index is 0.0434. The SMILES string of the molecule is [C-]#[N+]C1=C[C@]2(C)[C@H]3CC(=O)[C@@H]4[C@@H]5CC(C)(C)CC[C@]5(NC(=O)OC5CCOC5)CC[C@@]4(C)[C@]3(C)CC[C@H]2C(C)(C)C1=O. The third-order valence-corrected chi connectivity index (χ3v) is 14.0. The molecule has 7 nitrogen and oxygen atoms in total. The molecule has 9 atom stereocenters. The Hall–Kier alpha value is -2.20. The molecule has 1 N–H and O–H groups in total. The van der Waals surface area contributed by atoms with Gasteiger partial charge in [0.05, 0.1) is 19.8 Å². The van der Waals surface area contributed by atoms with E-state index in [1.165, 1.54) is 0 Å². The zero-order valence-electron chi connectivity index (χ0n) is 26.7. The Morgan fingerprint density at radius 3 is 2.36 bits per heavy atom. The van der Waals surface area contributed by atoms with Crippen LogP contribution in [0, 0.1) is 57.3 Å². The first-order valence-electron chi connectivity index (χ1n) is 16.3. The van der Waals surface area contributed by atoms with E-state index in [1.807, 2.05) is 19.9 Å². The highest BCUT2D eigenvalue weighted by Gasteiger charge is 2.72. The Bertz CT molecular complexity index is 1270. The van der Waals surface area contributed by atoms with Crippen LogP contribution in [0.1, 0.15) is 106 Å². The fourth-order valence-corrected chi connectivity index (χ4v) is 11.5. The van der Waals surface area contributed by atoms with Gasteiger partial charge < -0.3 is 19.6 Å². The monoisotopic (exact) mass is 578 g/mol. The Morgan fingerprint density at radius 2 is 1.69 bits per heavy atom. The number of carbonyl (C=O) groups excluding carboxylic acids is 3. The van der Waals surface area contributed by atoms with Gasteiger partial charge in [-0.3, -0.25) is 4.79 Å². The normalized spacial score (nSPS) is 47.1. The summed E-state index contributed by atoms with van der Waals surface area (Å²) < 4.78 is 11.2. The van der Waals surface area contributed by atoms with Gasteiger partial charge in [-0.25, -0.2) is 9.64 Å². The molecule has 4 saturated carbocycles. The zero-order chi connectivity index (χ0) is 30.5. The summed E-state index contributed by atoms with van der Waals surface area (Å²) in [7, 11) is 0. The number of nitrogens with zero attached hydrogens (tertiary/aromatic N) is 1. The molecule has 0 radical (unpaired) electrons. The highest BCUT2D eigenvalue weighted by atomic mass is 16.6. The second kappa shape index (κ2) is 9.40. The number of amides is 1. The summed E-state index contributed by atoms with van der Waals surface area (Å²) in [4.78, 5) is 45.0. The lowest BCUT2D eigenvalue weighted by Crippen LogP contribution is -2.72. The quantitative estimate of drug-likeness (QED) is 0.360. The lowest BCUT2D eigenvalue weighted by Gasteiger charge is -2.72. The molecule has 6 rings (SSSR count). The van der Waals surface area contributed by atoms with Gasteiger partial charge in [-0.2, -0.15) is 0 Å². The van der Waals surface area contributed by atoms with Crippen molar-refractivity contribution in [2.75, 3.05) is 13.2 Å². The van der Waals surface area contributed by atoms with Crippen LogP contribution in [-0.2, 0) is 19.1 Å². The van der Waals surface area contributed by atoms with Crippen LogP contribution in [0.15, 0.2) is 11.8 Å². The summed E-state index contributed by atoms with van der Waals surface area (Å²) in [5.41, 5.74) is -1.53. The van der Waals surface area contributed by atoms with Gasteiger partial charge in [0.25, 0.3) is 0 Å². The number of allylic oxidation sites excluding steroid dienone is 2. The lowest BCUT2D eigenvalue weighted by molar-refractivity contribution is -0.214. The van der Waals surface area contributed by atoms with Crippen LogP contribution in [0.25, 0.3) is 4.85 Å². The number of nitrogens with one attached hydrogen (secondary N) is 1. The van der Waals surface area contributed by atoms with E-state index in [9.17, 15) is 14.4 Å². The van der Waals surface area contributed by atoms with Gasteiger partial charge in [-0.05, 0) is 84.4 Å². The second-order valence-corrected chi connectivity index (χ2v) is 16.8. The molecular weight excluding hydrogens is 528 g/mol. The average Bonchev–Trinajstić information content (AvgIpc) is 3.41. The van der Waals surface area contributed by atoms with Crippen LogP contribution < -0.4 is 5.32 Å². The van der Waals surface area contributed by atoms with Crippen molar-refractivity contribution in [3.05, 3.63) is 23.2 Å². The number of ketones is 2. The van der Waals surface area contributed by atoms with Gasteiger partial charge in [0.1, 0.15) is 11.9 Å². The molecular formula is C35H50N2O5. The molecule has 42 heavy (non-hydrogen) atoms. The van der Waals surface area contributed by atoms with Crippen molar-refractivity contribution in [3.63, 3.8) is 0 Å².